The molecule has 0 aromatic heterocycles. The number of amides is 1. The Bertz CT molecular complexity index is 447. The van der Waals surface area contributed by atoms with Crippen LogP contribution in [0.25, 0.3) is 0 Å². The highest BCUT2D eigenvalue weighted by molar-refractivity contribution is 9.09. The van der Waals surface area contributed by atoms with E-state index < -0.39 is 6.23 Å². The van der Waals surface area contributed by atoms with Crippen LogP contribution < -0.4 is 0 Å². The number of ketones is 1. The zero-order valence-electron chi connectivity index (χ0n) is 8.39. The minimum absolute atomic E-state index is 0.0695. The Hall–Kier alpha value is -1.20. The monoisotopic (exact) mass is 283 g/mol. The van der Waals surface area contributed by atoms with E-state index in [4.69, 9.17) is 0 Å². The van der Waals surface area contributed by atoms with Crippen molar-refractivity contribution < 1.29 is 14.7 Å². The molecule has 0 spiro atoms. The number of fused-ring (bicyclic) bond motifs is 1. The zero-order valence-corrected chi connectivity index (χ0v) is 9.98. The molecule has 1 aliphatic rings. The number of benzene rings is 1. The fourth-order valence-electron chi connectivity index (χ4n) is 1.74. The summed E-state index contributed by atoms with van der Waals surface area (Å²) in [5, 5.41) is 10.1. The molecule has 0 fully saturated rings. The van der Waals surface area contributed by atoms with Gasteiger partial charge in [-0.05, 0) is 6.07 Å². The SMILES string of the molecule is O=C(CBr)CN1C(=O)c2ccccc2C1O. The largest absolute Gasteiger partial charge is 0.369 e. The number of aliphatic hydroxyl groups is 1. The summed E-state index contributed by atoms with van der Waals surface area (Å²) in [6.45, 7) is -0.0695. The van der Waals surface area contributed by atoms with Crippen LogP contribution in [0.5, 0.6) is 0 Å². The summed E-state index contributed by atoms with van der Waals surface area (Å²) in [6.07, 6.45) is -1.01. The molecule has 5 heteroatoms. The molecule has 1 amide bonds. The van der Waals surface area contributed by atoms with Crippen molar-refractivity contribution in [2.24, 2.45) is 0 Å². The number of Topliss-reactive ketones (excluding diaryl/α,β-unsaturated/α-hetero) is 1. The molecule has 0 saturated carbocycles. The van der Waals surface area contributed by atoms with Crippen LogP contribution in [0.15, 0.2) is 24.3 Å². The van der Waals surface area contributed by atoms with E-state index >= 15 is 0 Å². The van der Waals surface area contributed by atoms with Crippen molar-refractivity contribution in [2.75, 3.05) is 11.9 Å². The predicted molar refractivity (Wildman–Crippen MR) is 61.2 cm³/mol. The number of rotatable bonds is 3. The van der Waals surface area contributed by atoms with Crippen LogP contribution >= 0.6 is 15.9 Å². The summed E-state index contributed by atoms with van der Waals surface area (Å²) >= 11 is 3.03. The molecule has 1 aromatic rings. The molecule has 0 radical (unpaired) electrons. The molecule has 1 N–H and O–H groups in total. The quantitative estimate of drug-likeness (QED) is 0.845. The second kappa shape index (κ2) is 4.35. The Morgan fingerprint density at radius 2 is 2.12 bits per heavy atom. The fourth-order valence-corrected chi connectivity index (χ4v) is 1.92. The lowest BCUT2D eigenvalue weighted by molar-refractivity contribution is -0.119. The first-order valence-electron chi connectivity index (χ1n) is 4.80. The first-order valence-corrected chi connectivity index (χ1v) is 5.93. The lowest BCUT2D eigenvalue weighted by atomic mass is 10.1. The van der Waals surface area contributed by atoms with Crippen LogP contribution in [-0.4, -0.2) is 33.6 Å². The van der Waals surface area contributed by atoms with Gasteiger partial charge in [0.2, 0.25) is 0 Å². The number of hydrogen-bond donors (Lipinski definition) is 1. The molecule has 1 aliphatic heterocycles. The number of carbonyl (C=O) groups is 2. The Kier molecular flexibility index (Phi) is 3.07. The van der Waals surface area contributed by atoms with Crippen molar-refractivity contribution in [3.63, 3.8) is 0 Å². The normalized spacial score (nSPS) is 18.8. The second-order valence-corrected chi connectivity index (χ2v) is 4.13. The number of aliphatic hydroxyl groups excluding tert-OH is 1. The van der Waals surface area contributed by atoms with Crippen molar-refractivity contribution in [3.8, 4) is 0 Å². The standard InChI is InChI=1S/C11H10BrNO3/c12-5-7(14)6-13-10(15)8-3-1-2-4-9(8)11(13)16/h1-4,10,15H,5-6H2. The smallest absolute Gasteiger partial charge is 0.257 e. The first-order chi connectivity index (χ1) is 7.65. The van der Waals surface area contributed by atoms with E-state index in [0.717, 1.165) is 0 Å². The van der Waals surface area contributed by atoms with Crippen molar-refractivity contribution in [2.45, 2.75) is 6.23 Å². The molecule has 1 unspecified atom stereocenters. The third-order valence-corrected chi connectivity index (χ3v) is 3.15. The van der Waals surface area contributed by atoms with E-state index in [1.54, 1.807) is 24.3 Å². The Morgan fingerprint density at radius 3 is 2.75 bits per heavy atom. The number of carbonyl (C=O) groups excluding carboxylic acids is 2. The van der Waals surface area contributed by atoms with Gasteiger partial charge in [0, 0.05) is 11.1 Å². The van der Waals surface area contributed by atoms with Crippen LogP contribution in [0, 0.1) is 0 Å². The molecule has 1 aromatic carbocycles. The molecular formula is C11H10BrNO3. The van der Waals surface area contributed by atoms with E-state index in [1.807, 2.05) is 0 Å². The minimum Gasteiger partial charge on any atom is -0.369 e. The summed E-state index contributed by atoms with van der Waals surface area (Å²) in [5.41, 5.74) is 1.03. The minimum atomic E-state index is -1.01. The van der Waals surface area contributed by atoms with Crippen LogP contribution in [-0.2, 0) is 4.79 Å². The topological polar surface area (TPSA) is 57.6 Å². The van der Waals surface area contributed by atoms with Gasteiger partial charge in [-0.25, -0.2) is 0 Å². The van der Waals surface area contributed by atoms with Crippen LogP contribution in [0.4, 0.5) is 0 Å². The van der Waals surface area contributed by atoms with Gasteiger partial charge in [-0.2, -0.15) is 0 Å². The highest BCUT2D eigenvalue weighted by Crippen LogP contribution is 2.30. The summed E-state index contributed by atoms with van der Waals surface area (Å²) in [4.78, 5) is 24.3. The van der Waals surface area contributed by atoms with Crippen LogP contribution in [0.1, 0.15) is 22.1 Å². The number of nitrogens with zero attached hydrogens (tertiary/aromatic N) is 1. The average Bonchev–Trinajstić information content (AvgIpc) is 2.55. The van der Waals surface area contributed by atoms with Crippen molar-refractivity contribution in [1.29, 1.82) is 0 Å². The molecule has 0 bridgehead atoms. The van der Waals surface area contributed by atoms with E-state index in [2.05, 4.69) is 15.9 Å². The molecule has 16 heavy (non-hydrogen) atoms. The van der Waals surface area contributed by atoms with Gasteiger partial charge in [-0.15, -0.1) is 0 Å². The van der Waals surface area contributed by atoms with Gasteiger partial charge >= 0.3 is 0 Å². The number of hydrogen-bond acceptors (Lipinski definition) is 3. The summed E-state index contributed by atoms with van der Waals surface area (Å²) in [5.74, 6) is -0.433. The van der Waals surface area contributed by atoms with Gasteiger partial charge in [0.05, 0.1) is 11.9 Å². The van der Waals surface area contributed by atoms with Crippen molar-refractivity contribution >= 4 is 27.6 Å². The van der Waals surface area contributed by atoms with Gasteiger partial charge in [-0.1, -0.05) is 34.1 Å². The molecular weight excluding hydrogens is 274 g/mol. The van der Waals surface area contributed by atoms with Crippen LogP contribution in [0.3, 0.4) is 0 Å². The van der Waals surface area contributed by atoms with Gasteiger partial charge in [0.25, 0.3) is 5.91 Å². The molecule has 84 valence electrons. The van der Waals surface area contributed by atoms with Gasteiger partial charge in [0.1, 0.15) is 0 Å². The van der Waals surface area contributed by atoms with E-state index in [0.29, 0.717) is 11.1 Å². The number of alkyl halides is 1. The highest BCUT2D eigenvalue weighted by atomic mass is 79.9. The maximum Gasteiger partial charge on any atom is 0.257 e. The third kappa shape index (κ3) is 1.76. The maximum absolute atomic E-state index is 11.9. The molecule has 1 atom stereocenters. The highest BCUT2D eigenvalue weighted by Gasteiger charge is 2.35. The van der Waals surface area contributed by atoms with Crippen molar-refractivity contribution in [3.05, 3.63) is 35.4 Å². The Balaban J connectivity index is 2.28. The Labute approximate surface area is 101 Å². The molecule has 1 heterocycles. The zero-order chi connectivity index (χ0) is 11.7. The molecule has 0 aliphatic carbocycles. The van der Waals surface area contributed by atoms with Gasteiger partial charge < -0.3 is 10.0 Å². The molecule has 2 rings (SSSR count). The van der Waals surface area contributed by atoms with E-state index in [1.165, 1.54) is 4.90 Å². The second-order valence-electron chi connectivity index (χ2n) is 3.57. The Morgan fingerprint density at radius 1 is 1.44 bits per heavy atom. The first kappa shape index (κ1) is 11.3. The van der Waals surface area contributed by atoms with Gasteiger partial charge in [-0.3, -0.25) is 9.59 Å². The van der Waals surface area contributed by atoms with E-state index in [-0.39, 0.29) is 23.6 Å². The summed E-state index contributed by atoms with van der Waals surface area (Å²) in [7, 11) is 0. The van der Waals surface area contributed by atoms with Gasteiger partial charge in [0.15, 0.2) is 12.0 Å². The predicted octanol–water partition coefficient (Wildman–Crippen LogP) is 1.10. The summed E-state index contributed by atoms with van der Waals surface area (Å²) in [6, 6.07) is 6.83. The fraction of sp³-hybridized carbons (Fsp3) is 0.273. The summed E-state index contributed by atoms with van der Waals surface area (Å²) < 4.78 is 0. The van der Waals surface area contributed by atoms with Crippen LogP contribution in [0.2, 0.25) is 0 Å². The van der Waals surface area contributed by atoms with Crippen molar-refractivity contribution in [1.82, 2.24) is 4.90 Å². The van der Waals surface area contributed by atoms with E-state index in [9.17, 15) is 14.7 Å². The lowest BCUT2D eigenvalue weighted by Gasteiger charge is -2.19. The molecule has 0 saturated heterocycles. The maximum atomic E-state index is 11.9. The lowest BCUT2D eigenvalue weighted by Crippen LogP contribution is -2.33. The molecule has 4 nitrogen and oxygen atoms in total. The number of halogens is 1. The third-order valence-electron chi connectivity index (χ3n) is 2.52. The average molecular weight is 284 g/mol.